The molecule has 2 saturated heterocycles. The van der Waals surface area contributed by atoms with Gasteiger partial charge in [-0.05, 0) is 37.3 Å². The number of nitrogens with one attached hydrogen (secondary N) is 2. The van der Waals surface area contributed by atoms with E-state index in [4.69, 9.17) is 0 Å². The van der Waals surface area contributed by atoms with Gasteiger partial charge >= 0.3 is 0 Å². The molecule has 3 rings (SSSR count). The van der Waals surface area contributed by atoms with Gasteiger partial charge in [0.15, 0.2) is 0 Å². The van der Waals surface area contributed by atoms with Crippen molar-refractivity contribution in [1.82, 2.24) is 20.1 Å². The number of likely N-dealkylation sites (N-methyl/N-ethyl adjacent to an activating group) is 1. The Morgan fingerprint density at radius 3 is 2.73 bits per heavy atom. The highest BCUT2D eigenvalue weighted by Crippen LogP contribution is 2.22. The van der Waals surface area contributed by atoms with Crippen molar-refractivity contribution < 1.29 is 9.59 Å². The molecule has 2 N–H and O–H groups in total. The molecule has 7 nitrogen and oxygen atoms in total. The zero-order valence-electron chi connectivity index (χ0n) is 15.7. The Morgan fingerprint density at radius 2 is 2.08 bits per heavy atom. The second kappa shape index (κ2) is 7.61. The van der Waals surface area contributed by atoms with E-state index >= 15 is 0 Å². The van der Waals surface area contributed by atoms with Crippen LogP contribution in [0.15, 0.2) is 17.1 Å². The third-order valence-electron chi connectivity index (χ3n) is 5.41. The van der Waals surface area contributed by atoms with Gasteiger partial charge in [0, 0.05) is 32.4 Å². The molecular weight excluding hydrogens is 332 g/mol. The Morgan fingerprint density at radius 1 is 1.35 bits per heavy atom. The van der Waals surface area contributed by atoms with Gasteiger partial charge in [-0.25, -0.2) is 0 Å². The minimum absolute atomic E-state index is 0.0191. The molecule has 3 heterocycles. The van der Waals surface area contributed by atoms with Crippen LogP contribution in [0.3, 0.4) is 0 Å². The lowest BCUT2D eigenvalue weighted by molar-refractivity contribution is -0.142. The predicted molar refractivity (Wildman–Crippen MR) is 99.3 cm³/mol. The molecular formula is C19H28N4O3. The molecule has 2 aliphatic rings. The second-order valence-corrected chi connectivity index (χ2v) is 7.53. The topological polar surface area (TPSA) is 85.5 Å². The fourth-order valence-electron chi connectivity index (χ4n) is 3.70. The number of aromatic nitrogens is 1. The summed E-state index contributed by atoms with van der Waals surface area (Å²) in [6, 6.07) is 1.58. The van der Waals surface area contributed by atoms with E-state index in [9.17, 15) is 14.4 Å². The van der Waals surface area contributed by atoms with Gasteiger partial charge < -0.3 is 15.2 Å². The van der Waals surface area contributed by atoms with Crippen molar-refractivity contribution in [2.24, 2.45) is 0 Å². The maximum absolute atomic E-state index is 12.5. The van der Waals surface area contributed by atoms with Crippen molar-refractivity contribution in [3.8, 4) is 0 Å². The summed E-state index contributed by atoms with van der Waals surface area (Å²) in [5.74, 6) is 0.0876. The quantitative estimate of drug-likeness (QED) is 0.818. The molecule has 2 aliphatic heterocycles. The van der Waals surface area contributed by atoms with Crippen molar-refractivity contribution >= 4 is 11.8 Å². The van der Waals surface area contributed by atoms with E-state index in [-0.39, 0.29) is 40.9 Å². The first-order chi connectivity index (χ1) is 12.4. The van der Waals surface area contributed by atoms with Crippen LogP contribution in [0.2, 0.25) is 0 Å². The van der Waals surface area contributed by atoms with Crippen molar-refractivity contribution in [2.75, 3.05) is 26.2 Å². The molecule has 0 spiro atoms. The van der Waals surface area contributed by atoms with Crippen LogP contribution < -0.4 is 10.9 Å². The average Bonchev–Trinajstić information content (AvgIpc) is 2.58. The molecule has 7 heteroatoms. The molecule has 142 valence electrons. The minimum atomic E-state index is -0.371. The number of amides is 2. The fraction of sp³-hybridized carbons (Fsp3) is 0.632. The van der Waals surface area contributed by atoms with Gasteiger partial charge in [-0.2, -0.15) is 0 Å². The Kier molecular flexibility index (Phi) is 5.46. The number of aromatic amines is 1. The number of likely N-dealkylation sites (tertiary alicyclic amines) is 2. The molecule has 0 aliphatic carbocycles. The number of rotatable bonds is 5. The predicted octanol–water partition coefficient (Wildman–Crippen LogP) is 0.923. The summed E-state index contributed by atoms with van der Waals surface area (Å²) in [6.07, 6.45) is 3.56. The van der Waals surface area contributed by atoms with Crippen molar-refractivity contribution in [3.63, 3.8) is 0 Å². The largest absolute Gasteiger partial charge is 0.347 e. The van der Waals surface area contributed by atoms with Crippen LogP contribution in [-0.2, 0) is 4.79 Å². The number of carbonyl (C=O) groups excluding carboxylic acids is 2. The third kappa shape index (κ3) is 3.67. The smallest absolute Gasteiger partial charge is 0.260 e. The Bertz CT molecular complexity index is 737. The van der Waals surface area contributed by atoms with E-state index in [2.05, 4.69) is 15.2 Å². The normalized spacial score (nSPS) is 21.8. The molecule has 0 aromatic carbocycles. The number of pyridine rings is 1. The van der Waals surface area contributed by atoms with Crippen molar-refractivity contribution in [3.05, 3.63) is 33.7 Å². The Hall–Kier alpha value is -2.15. The van der Waals surface area contributed by atoms with E-state index in [1.165, 1.54) is 0 Å². The van der Waals surface area contributed by atoms with E-state index < -0.39 is 0 Å². The second-order valence-electron chi connectivity index (χ2n) is 7.53. The van der Waals surface area contributed by atoms with Crippen LogP contribution in [0, 0.1) is 0 Å². The minimum Gasteiger partial charge on any atom is -0.347 e. The lowest BCUT2D eigenvalue weighted by atomic mass is 9.97. The standard InChI is InChI=1S/C19H28N4O3/c1-4-22-7-5-6-16(19(22)26)23-10-14(11-23)21-18(25)15-8-13(12(2)3)9-20-17(15)24/h8-9,12,14,16H,4-7,10-11H2,1-3H3,(H,20,24)(H,21,25). The summed E-state index contributed by atoms with van der Waals surface area (Å²) >= 11 is 0. The van der Waals surface area contributed by atoms with Crippen molar-refractivity contribution in [2.45, 2.75) is 51.6 Å². The fourth-order valence-corrected chi connectivity index (χ4v) is 3.70. The zero-order chi connectivity index (χ0) is 18.8. The molecule has 1 unspecified atom stereocenters. The summed E-state index contributed by atoms with van der Waals surface area (Å²) in [7, 11) is 0. The van der Waals surface area contributed by atoms with Gasteiger partial charge in [0.1, 0.15) is 5.56 Å². The molecule has 1 aromatic heterocycles. The summed E-state index contributed by atoms with van der Waals surface area (Å²) in [5, 5.41) is 2.92. The Labute approximate surface area is 153 Å². The maximum atomic E-state index is 12.5. The van der Waals surface area contributed by atoms with E-state index in [1.54, 1.807) is 12.3 Å². The van der Waals surface area contributed by atoms with E-state index in [1.807, 2.05) is 25.7 Å². The molecule has 2 amide bonds. The lowest BCUT2D eigenvalue weighted by Crippen LogP contribution is -2.66. The van der Waals surface area contributed by atoms with Gasteiger partial charge in [-0.3, -0.25) is 19.3 Å². The summed E-state index contributed by atoms with van der Waals surface area (Å²) < 4.78 is 0. The first-order valence-electron chi connectivity index (χ1n) is 9.47. The molecule has 0 bridgehead atoms. The van der Waals surface area contributed by atoms with Gasteiger partial charge in [-0.1, -0.05) is 13.8 Å². The first kappa shape index (κ1) is 18.6. The van der Waals surface area contributed by atoms with Crippen LogP contribution in [0.4, 0.5) is 0 Å². The number of carbonyl (C=O) groups is 2. The number of hydrogen-bond acceptors (Lipinski definition) is 4. The zero-order valence-corrected chi connectivity index (χ0v) is 15.7. The number of hydrogen-bond donors (Lipinski definition) is 2. The lowest BCUT2D eigenvalue weighted by Gasteiger charge is -2.46. The molecule has 2 fully saturated rings. The van der Waals surface area contributed by atoms with Gasteiger partial charge in [0.25, 0.3) is 11.5 Å². The van der Waals surface area contributed by atoms with Crippen molar-refractivity contribution in [1.29, 1.82) is 0 Å². The van der Waals surface area contributed by atoms with E-state index in [0.29, 0.717) is 13.1 Å². The summed E-state index contributed by atoms with van der Waals surface area (Å²) in [5.41, 5.74) is 0.710. The molecule has 0 saturated carbocycles. The van der Waals surface area contributed by atoms with Crippen LogP contribution in [-0.4, -0.2) is 64.9 Å². The number of nitrogens with zero attached hydrogens (tertiary/aromatic N) is 2. The summed E-state index contributed by atoms with van der Waals surface area (Å²) in [4.78, 5) is 43.5. The average molecular weight is 360 g/mol. The highest BCUT2D eigenvalue weighted by molar-refractivity contribution is 5.94. The molecule has 1 aromatic rings. The first-order valence-corrected chi connectivity index (χ1v) is 9.47. The highest BCUT2D eigenvalue weighted by atomic mass is 16.2. The van der Waals surface area contributed by atoms with Gasteiger partial charge in [-0.15, -0.1) is 0 Å². The third-order valence-corrected chi connectivity index (χ3v) is 5.41. The van der Waals surface area contributed by atoms with Crippen LogP contribution in [0.1, 0.15) is 55.5 Å². The number of H-pyrrole nitrogens is 1. The van der Waals surface area contributed by atoms with Crippen LogP contribution in [0.25, 0.3) is 0 Å². The van der Waals surface area contributed by atoms with Crippen LogP contribution in [0.5, 0.6) is 0 Å². The summed E-state index contributed by atoms with van der Waals surface area (Å²) in [6.45, 7) is 8.93. The SMILES string of the molecule is CCN1CCCC(N2CC(NC(=O)c3cc(C(C)C)c[nH]c3=O)C2)C1=O. The molecule has 0 radical (unpaired) electrons. The Balaban J connectivity index is 1.57. The van der Waals surface area contributed by atoms with Gasteiger partial charge in [0.05, 0.1) is 12.1 Å². The molecule has 1 atom stereocenters. The van der Waals surface area contributed by atoms with Gasteiger partial charge in [0.2, 0.25) is 5.91 Å². The monoisotopic (exact) mass is 360 g/mol. The van der Waals surface area contributed by atoms with Crippen LogP contribution >= 0.6 is 0 Å². The van der Waals surface area contributed by atoms with E-state index in [0.717, 1.165) is 31.5 Å². The highest BCUT2D eigenvalue weighted by Gasteiger charge is 2.39. The molecule has 26 heavy (non-hydrogen) atoms. The maximum Gasteiger partial charge on any atom is 0.260 e. The number of piperidine rings is 1.